The Labute approximate surface area is 301 Å². The first-order chi connectivity index (χ1) is 23.8. The summed E-state index contributed by atoms with van der Waals surface area (Å²) in [6.07, 6.45) is 1.54. The minimum atomic E-state index is -1.18. The van der Waals surface area contributed by atoms with Crippen molar-refractivity contribution in [3.8, 4) is 21.8 Å². The number of hydrogen-bond donors (Lipinski definition) is 2. The van der Waals surface area contributed by atoms with Crippen LogP contribution in [-0.2, 0) is 16.6 Å². The first-order valence-corrected chi connectivity index (χ1v) is 18.6. The number of rotatable bonds is 8. The summed E-state index contributed by atoms with van der Waals surface area (Å²) < 4.78 is 8.98. The van der Waals surface area contributed by atoms with Crippen LogP contribution < -0.4 is 0 Å². The molecule has 0 bridgehead atoms. The van der Waals surface area contributed by atoms with E-state index in [-0.39, 0.29) is 0 Å². The van der Waals surface area contributed by atoms with Crippen LogP contribution in [0.25, 0.3) is 43.1 Å². The molecule has 2 saturated heterocycles. The summed E-state index contributed by atoms with van der Waals surface area (Å²) in [4.78, 5) is 27.8. The molecule has 2 aromatic carbocycles. The van der Waals surface area contributed by atoms with Gasteiger partial charge in [-0.1, -0.05) is 23.7 Å². The van der Waals surface area contributed by atoms with Gasteiger partial charge in [0, 0.05) is 48.2 Å². The van der Waals surface area contributed by atoms with Gasteiger partial charge in [0.15, 0.2) is 6.10 Å². The van der Waals surface area contributed by atoms with Gasteiger partial charge < -0.3 is 14.9 Å². The van der Waals surface area contributed by atoms with E-state index < -0.39 is 23.9 Å². The first kappa shape index (κ1) is 35.0. The van der Waals surface area contributed by atoms with Gasteiger partial charge in [0.1, 0.15) is 16.8 Å². The van der Waals surface area contributed by atoms with Crippen molar-refractivity contribution in [1.82, 2.24) is 29.5 Å². The van der Waals surface area contributed by atoms with Gasteiger partial charge in [-0.3, -0.25) is 14.5 Å². The Bertz CT molecular complexity index is 2040. The molecule has 0 aliphatic carbocycles. The molecule has 5 aromatic rings. The molecule has 2 aliphatic rings. The number of aliphatic hydroxyl groups excluding tert-OH is 1. The summed E-state index contributed by atoms with van der Waals surface area (Å²) in [6, 6.07) is 14.0. The Morgan fingerprint density at radius 2 is 1.78 bits per heavy atom. The first-order valence-electron chi connectivity index (χ1n) is 17.4. The van der Waals surface area contributed by atoms with Crippen LogP contribution in [0, 0.1) is 6.92 Å². The molecule has 50 heavy (non-hydrogen) atoms. The van der Waals surface area contributed by atoms with E-state index in [2.05, 4.69) is 15.9 Å². The maximum atomic E-state index is 12.8. The van der Waals surface area contributed by atoms with Crippen LogP contribution in [0.15, 0.2) is 42.5 Å². The van der Waals surface area contributed by atoms with E-state index in [9.17, 15) is 15.0 Å². The molecule has 3 aromatic heterocycles. The Balaban J connectivity index is 1.26. The molecule has 264 valence electrons. The maximum absolute atomic E-state index is 12.8. The van der Waals surface area contributed by atoms with Gasteiger partial charge in [0.2, 0.25) is 0 Å². The number of aryl methyl sites for hydroxylation is 2. The van der Waals surface area contributed by atoms with Gasteiger partial charge in [0.05, 0.1) is 32.7 Å². The summed E-state index contributed by atoms with van der Waals surface area (Å²) in [5, 5.41) is 26.8. The maximum Gasteiger partial charge on any atom is 0.337 e. The molecule has 3 atom stereocenters. The van der Waals surface area contributed by atoms with Crippen molar-refractivity contribution in [3.63, 3.8) is 0 Å². The van der Waals surface area contributed by atoms with E-state index in [1.807, 2.05) is 82.7 Å². The Kier molecular flexibility index (Phi) is 9.51. The highest BCUT2D eigenvalue weighted by atomic mass is 35.5. The van der Waals surface area contributed by atoms with Crippen LogP contribution in [0.2, 0.25) is 5.02 Å². The van der Waals surface area contributed by atoms with Crippen molar-refractivity contribution in [2.24, 2.45) is 7.05 Å². The average molecular weight is 717 g/mol. The molecular weight excluding hydrogens is 672 g/mol. The number of aromatic nitrogens is 4. The normalized spacial score (nSPS) is 19.5. The standard InChI is InChI=1S/C38H45ClN6O4S/c1-21-19-28-35(31(23-7-9-25(39)10-8-23)30(21)34(37(47)48)49-38(3,4)5)50-36(41-28)27-11-12-29-33(40-27)32(42-43(29)6)24-13-16-44(17-14-24)26-15-18-45(20-26)22(2)46/h7-12,19,22,24,26,34,46H,13-18,20H2,1-6H3,(H,47,48)/t22?,26-,34-/m0/s1. The number of carboxylic acids is 1. The number of aliphatic hydroxyl groups is 1. The fourth-order valence-electron chi connectivity index (χ4n) is 7.65. The van der Waals surface area contributed by atoms with Crippen LogP contribution in [0.5, 0.6) is 0 Å². The Morgan fingerprint density at radius 3 is 2.42 bits per heavy atom. The molecule has 0 amide bonds. The summed E-state index contributed by atoms with van der Waals surface area (Å²) in [7, 11) is 1.98. The summed E-state index contributed by atoms with van der Waals surface area (Å²) in [5.41, 5.74) is 6.80. The molecule has 1 unspecified atom stereocenters. The number of carbonyl (C=O) groups is 1. The number of aliphatic carboxylic acids is 1. The number of ether oxygens (including phenoxy) is 1. The van der Waals surface area contributed by atoms with Gasteiger partial charge in [-0.15, -0.1) is 11.3 Å². The lowest BCUT2D eigenvalue weighted by Crippen LogP contribution is -2.43. The topological polar surface area (TPSA) is 117 Å². The number of benzene rings is 2. The van der Waals surface area contributed by atoms with Crippen molar-refractivity contribution in [2.75, 3.05) is 26.2 Å². The van der Waals surface area contributed by atoms with E-state index in [0.717, 1.165) is 99.8 Å². The minimum absolute atomic E-state index is 0.305. The van der Waals surface area contributed by atoms with Crippen molar-refractivity contribution >= 4 is 50.2 Å². The molecule has 2 fully saturated rings. The zero-order valence-electron chi connectivity index (χ0n) is 29.5. The second-order valence-corrected chi connectivity index (χ2v) is 16.2. The zero-order chi connectivity index (χ0) is 35.5. The number of piperidine rings is 1. The largest absolute Gasteiger partial charge is 0.479 e. The van der Waals surface area contributed by atoms with Gasteiger partial charge in [-0.2, -0.15) is 5.10 Å². The van der Waals surface area contributed by atoms with E-state index >= 15 is 0 Å². The Morgan fingerprint density at radius 1 is 1.06 bits per heavy atom. The highest BCUT2D eigenvalue weighted by Crippen LogP contribution is 2.44. The number of hydrogen-bond acceptors (Lipinski definition) is 9. The van der Waals surface area contributed by atoms with Crippen LogP contribution in [0.3, 0.4) is 0 Å². The summed E-state index contributed by atoms with van der Waals surface area (Å²) in [6.45, 7) is 13.2. The number of pyridine rings is 1. The van der Waals surface area contributed by atoms with E-state index in [0.29, 0.717) is 22.5 Å². The van der Waals surface area contributed by atoms with Gasteiger partial charge in [-0.05, 0) is 108 Å². The Hall–Kier alpha value is -3.45. The fraction of sp³-hybridized carbons (Fsp3) is 0.474. The van der Waals surface area contributed by atoms with Crippen LogP contribution >= 0.6 is 22.9 Å². The molecule has 12 heteroatoms. The van der Waals surface area contributed by atoms with E-state index in [4.69, 9.17) is 31.4 Å². The SMILES string of the molecule is Cc1cc2nc(-c3ccc4c(n3)c(C3CCN([C@H]5CCN(C(C)O)C5)CC3)nn4C)sc2c(-c2ccc(Cl)cc2)c1[C@H](OC(C)(C)C)C(=O)O. The third kappa shape index (κ3) is 6.79. The summed E-state index contributed by atoms with van der Waals surface area (Å²) >= 11 is 7.80. The van der Waals surface area contributed by atoms with Crippen molar-refractivity contribution in [2.45, 2.75) is 83.8 Å². The highest BCUT2D eigenvalue weighted by Gasteiger charge is 2.35. The number of halogens is 1. The van der Waals surface area contributed by atoms with Gasteiger partial charge in [0.25, 0.3) is 0 Å². The van der Waals surface area contributed by atoms with Gasteiger partial charge >= 0.3 is 5.97 Å². The highest BCUT2D eigenvalue weighted by molar-refractivity contribution is 7.22. The van der Waals surface area contributed by atoms with E-state index in [1.54, 1.807) is 0 Å². The van der Waals surface area contributed by atoms with Crippen molar-refractivity contribution in [1.29, 1.82) is 0 Å². The molecule has 0 radical (unpaired) electrons. The van der Waals surface area contributed by atoms with E-state index in [1.165, 1.54) is 11.3 Å². The van der Waals surface area contributed by atoms with Crippen LogP contribution in [0.4, 0.5) is 0 Å². The van der Waals surface area contributed by atoms with Gasteiger partial charge in [-0.25, -0.2) is 14.8 Å². The lowest BCUT2D eigenvalue weighted by molar-refractivity contribution is -0.160. The number of fused-ring (bicyclic) bond motifs is 2. The number of nitrogens with zero attached hydrogens (tertiary/aromatic N) is 6. The fourth-order valence-corrected chi connectivity index (χ4v) is 8.87. The predicted octanol–water partition coefficient (Wildman–Crippen LogP) is 7.41. The molecule has 2 aliphatic heterocycles. The summed E-state index contributed by atoms with van der Waals surface area (Å²) in [5.74, 6) is -0.741. The number of likely N-dealkylation sites (tertiary alicyclic amines) is 2. The van der Waals surface area contributed by atoms with Crippen LogP contribution in [-0.4, -0.2) is 89.8 Å². The number of carboxylic acid groups (broad SMARTS) is 1. The lowest BCUT2D eigenvalue weighted by atomic mass is 9.91. The monoisotopic (exact) mass is 716 g/mol. The lowest BCUT2D eigenvalue weighted by Gasteiger charge is -2.35. The second kappa shape index (κ2) is 13.6. The average Bonchev–Trinajstić information content (AvgIpc) is 3.81. The quantitative estimate of drug-likeness (QED) is 0.169. The third-order valence-electron chi connectivity index (χ3n) is 10.1. The molecule has 10 nitrogen and oxygen atoms in total. The molecule has 2 N–H and O–H groups in total. The molecule has 0 saturated carbocycles. The van der Waals surface area contributed by atoms with Crippen molar-refractivity contribution in [3.05, 3.63) is 64.3 Å². The number of thiazole rings is 1. The third-order valence-corrected chi connectivity index (χ3v) is 11.5. The zero-order valence-corrected chi connectivity index (χ0v) is 31.1. The molecule has 5 heterocycles. The molecule has 0 spiro atoms. The van der Waals surface area contributed by atoms with Crippen molar-refractivity contribution < 1.29 is 19.7 Å². The minimum Gasteiger partial charge on any atom is -0.479 e. The van der Waals surface area contributed by atoms with Crippen LogP contribution in [0.1, 0.15) is 75.8 Å². The molecular formula is C38H45ClN6O4S. The molecule has 7 rings (SSSR count). The smallest absolute Gasteiger partial charge is 0.337 e. The second-order valence-electron chi connectivity index (χ2n) is 14.8. The predicted molar refractivity (Wildman–Crippen MR) is 199 cm³/mol.